The van der Waals surface area contributed by atoms with Crippen molar-refractivity contribution in [2.45, 2.75) is 33.7 Å². The van der Waals surface area contributed by atoms with E-state index < -0.39 is 6.04 Å². The van der Waals surface area contributed by atoms with Crippen LogP contribution in [0.15, 0.2) is 5.38 Å². The SMILES string of the molecule is CC(=O)NC(C(=O)N1CCN(c2nc(C)cs2)CC1)C(C)C. The van der Waals surface area contributed by atoms with Gasteiger partial charge < -0.3 is 15.1 Å². The van der Waals surface area contributed by atoms with E-state index in [4.69, 9.17) is 0 Å². The van der Waals surface area contributed by atoms with Crippen LogP contribution < -0.4 is 10.2 Å². The molecule has 22 heavy (non-hydrogen) atoms. The molecule has 0 radical (unpaired) electrons. The van der Waals surface area contributed by atoms with Gasteiger partial charge in [-0.05, 0) is 12.8 Å². The van der Waals surface area contributed by atoms with Crippen molar-refractivity contribution in [3.63, 3.8) is 0 Å². The largest absolute Gasteiger partial charge is 0.345 e. The number of aryl methyl sites for hydroxylation is 1. The first-order valence-electron chi connectivity index (χ1n) is 7.61. The number of nitrogens with zero attached hydrogens (tertiary/aromatic N) is 3. The Balaban J connectivity index is 1.95. The molecule has 1 saturated heterocycles. The molecule has 2 amide bonds. The lowest BCUT2D eigenvalue weighted by Crippen LogP contribution is -2.56. The fourth-order valence-electron chi connectivity index (χ4n) is 2.53. The molecule has 1 atom stereocenters. The Kier molecular flexibility index (Phi) is 5.39. The first-order chi connectivity index (χ1) is 10.4. The molecule has 0 spiro atoms. The van der Waals surface area contributed by atoms with Crippen LogP contribution in [-0.4, -0.2) is 53.9 Å². The molecule has 1 N–H and O–H groups in total. The molecule has 1 aliphatic heterocycles. The molecule has 1 aliphatic rings. The van der Waals surface area contributed by atoms with E-state index in [1.165, 1.54) is 6.92 Å². The summed E-state index contributed by atoms with van der Waals surface area (Å²) >= 11 is 1.64. The van der Waals surface area contributed by atoms with E-state index in [2.05, 4.69) is 15.2 Å². The standard InChI is InChI=1S/C15H24N4O2S/c1-10(2)13(17-12(4)20)14(21)18-5-7-19(8-6-18)15-16-11(3)9-22-15/h9-10,13H,5-8H2,1-4H3,(H,17,20). The van der Waals surface area contributed by atoms with Crippen LogP contribution in [0, 0.1) is 12.8 Å². The molecule has 0 bridgehead atoms. The van der Waals surface area contributed by atoms with E-state index in [9.17, 15) is 9.59 Å². The number of nitrogens with one attached hydrogen (secondary N) is 1. The molecule has 0 saturated carbocycles. The monoisotopic (exact) mass is 324 g/mol. The van der Waals surface area contributed by atoms with Gasteiger partial charge in [-0.2, -0.15) is 0 Å². The summed E-state index contributed by atoms with van der Waals surface area (Å²) in [6.45, 7) is 10.2. The number of hydrogen-bond acceptors (Lipinski definition) is 5. The zero-order chi connectivity index (χ0) is 16.3. The van der Waals surface area contributed by atoms with Gasteiger partial charge >= 0.3 is 0 Å². The Morgan fingerprint density at radius 3 is 2.36 bits per heavy atom. The summed E-state index contributed by atoms with van der Waals surface area (Å²) in [6, 6.07) is -0.439. The lowest BCUT2D eigenvalue weighted by Gasteiger charge is -2.37. The van der Waals surface area contributed by atoms with Crippen molar-refractivity contribution < 1.29 is 9.59 Å². The molecular formula is C15H24N4O2S. The van der Waals surface area contributed by atoms with Gasteiger partial charge in [-0.3, -0.25) is 9.59 Å². The summed E-state index contributed by atoms with van der Waals surface area (Å²) < 4.78 is 0. The number of aromatic nitrogens is 1. The number of rotatable bonds is 4. The lowest BCUT2D eigenvalue weighted by atomic mass is 10.0. The van der Waals surface area contributed by atoms with Crippen LogP contribution in [0.25, 0.3) is 0 Å². The normalized spacial score (nSPS) is 16.8. The van der Waals surface area contributed by atoms with Crippen LogP contribution in [0.5, 0.6) is 0 Å². The highest BCUT2D eigenvalue weighted by Crippen LogP contribution is 2.21. The minimum atomic E-state index is -0.439. The summed E-state index contributed by atoms with van der Waals surface area (Å²) in [5.41, 5.74) is 1.03. The van der Waals surface area contributed by atoms with E-state index in [1.807, 2.05) is 31.1 Å². The van der Waals surface area contributed by atoms with Gasteiger partial charge in [0.2, 0.25) is 11.8 Å². The van der Waals surface area contributed by atoms with Crippen molar-refractivity contribution in [2.24, 2.45) is 5.92 Å². The molecule has 1 fully saturated rings. The van der Waals surface area contributed by atoms with E-state index in [0.717, 1.165) is 23.9 Å². The van der Waals surface area contributed by atoms with Crippen molar-refractivity contribution in [3.05, 3.63) is 11.1 Å². The lowest BCUT2D eigenvalue weighted by molar-refractivity contribution is -0.137. The van der Waals surface area contributed by atoms with Gasteiger partial charge in [-0.1, -0.05) is 13.8 Å². The third-order valence-corrected chi connectivity index (χ3v) is 4.78. The Bertz CT molecular complexity index is 535. The summed E-state index contributed by atoms with van der Waals surface area (Å²) in [5.74, 6) is -0.0693. The maximum absolute atomic E-state index is 12.6. The molecule has 6 nitrogen and oxygen atoms in total. The van der Waals surface area contributed by atoms with Crippen LogP contribution in [0.2, 0.25) is 0 Å². The third kappa shape index (κ3) is 3.97. The van der Waals surface area contributed by atoms with E-state index in [0.29, 0.717) is 13.1 Å². The second kappa shape index (κ2) is 7.09. The minimum Gasteiger partial charge on any atom is -0.345 e. The Hall–Kier alpha value is -1.63. The Labute approximate surface area is 135 Å². The van der Waals surface area contributed by atoms with Crippen LogP contribution >= 0.6 is 11.3 Å². The van der Waals surface area contributed by atoms with E-state index in [1.54, 1.807) is 11.3 Å². The van der Waals surface area contributed by atoms with Crippen molar-refractivity contribution in [2.75, 3.05) is 31.1 Å². The number of hydrogen-bond donors (Lipinski definition) is 1. The van der Waals surface area contributed by atoms with Gasteiger partial charge in [0, 0.05) is 38.5 Å². The van der Waals surface area contributed by atoms with Gasteiger partial charge in [0.15, 0.2) is 5.13 Å². The smallest absolute Gasteiger partial charge is 0.245 e. The highest BCUT2D eigenvalue weighted by atomic mass is 32.1. The molecule has 1 aromatic heterocycles. The predicted molar refractivity (Wildman–Crippen MR) is 88.1 cm³/mol. The fraction of sp³-hybridized carbons (Fsp3) is 0.667. The zero-order valence-electron chi connectivity index (χ0n) is 13.6. The molecule has 0 aliphatic carbocycles. The molecule has 1 aromatic rings. The molecular weight excluding hydrogens is 300 g/mol. The molecule has 7 heteroatoms. The number of piperazine rings is 1. The van der Waals surface area contributed by atoms with Crippen LogP contribution in [-0.2, 0) is 9.59 Å². The Morgan fingerprint density at radius 2 is 1.91 bits per heavy atom. The molecule has 0 aromatic carbocycles. The third-order valence-electron chi connectivity index (χ3n) is 3.76. The molecule has 2 rings (SSSR count). The zero-order valence-corrected chi connectivity index (χ0v) is 14.4. The second-order valence-corrected chi connectivity index (χ2v) is 6.84. The topological polar surface area (TPSA) is 65.5 Å². The van der Waals surface area contributed by atoms with Gasteiger partial charge in [0.05, 0.1) is 5.69 Å². The van der Waals surface area contributed by atoms with E-state index >= 15 is 0 Å². The number of anilines is 1. The minimum absolute atomic E-state index is 0.0140. The number of carbonyl (C=O) groups excluding carboxylic acids is 2. The quantitative estimate of drug-likeness (QED) is 0.905. The Morgan fingerprint density at radius 1 is 1.27 bits per heavy atom. The van der Waals surface area contributed by atoms with Crippen LogP contribution in [0.4, 0.5) is 5.13 Å². The fourth-order valence-corrected chi connectivity index (χ4v) is 3.39. The first-order valence-corrected chi connectivity index (χ1v) is 8.49. The summed E-state index contributed by atoms with van der Waals surface area (Å²) in [7, 11) is 0. The number of carbonyl (C=O) groups is 2. The van der Waals surface area contributed by atoms with Gasteiger partial charge in [0.1, 0.15) is 6.04 Å². The predicted octanol–water partition coefficient (Wildman–Crippen LogP) is 1.26. The number of thiazole rings is 1. The van der Waals surface area contributed by atoms with Crippen molar-refractivity contribution in [3.8, 4) is 0 Å². The van der Waals surface area contributed by atoms with Gasteiger partial charge in [0.25, 0.3) is 0 Å². The maximum Gasteiger partial charge on any atom is 0.245 e. The van der Waals surface area contributed by atoms with Gasteiger partial charge in [-0.15, -0.1) is 11.3 Å². The first kappa shape index (κ1) is 16.7. The molecule has 122 valence electrons. The van der Waals surface area contributed by atoms with Gasteiger partial charge in [-0.25, -0.2) is 4.98 Å². The summed E-state index contributed by atoms with van der Waals surface area (Å²) in [4.78, 5) is 32.4. The molecule has 1 unspecified atom stereocenters. The maximum atomic E-state index is 12.6. The average molecular weight is 324 g/mol. The molecule has 2 heterocycles. The van der Waals surface area contributed by atoms with E-state index in [-0.39, 0.29) is 17.7 Å². The summed E-state index contributed by atoms with van der Waals surface area (Å²) in [5, 5.41) is 5.83. The number of amides is 2. The van der Waals surface area contributed by atoms with Crippen molar-refractivity contribution in [1.82, 2.24) is 15.2 Å². The van der Waals surface area contributed by atoms with Crippen LogP contribution in [0.3, 0.4) is 0 Å². The summed E-state index contributed by atoms with van der Waals surface area (Å²) in [6.07, 6.45) is 0. The highest BCUT2D eigenvalue weighted by molar-refractivity contribution is 7.13. The second-order valence-electron chi connectivity index (χ2n) is 6.01. The van der Waals surface area contributed by atoms with Crippen LogP contribution in [0.1, 0.15) is 26.5 Å². The van der Waals surface area contributed by atoms with Crippen molar-refractivity contribution >= 4 is 28.3 Å². The average Bonchev–Trinajstić information content (AvgIpc) is 2.90. The van der Waals surface area contributed by atoms with Crippen molar-refractivity contribution in [1.29, 1.82) is 0 Å². The highest BCUT2D eigenvalue weighted by Gasteiger charge is 2.30.